The molecule has 1 aliphatic rings. The van der Waals surface area contributed by atoms with E-state index in [2.05, 4.69) is 0 Å². The zero-order chi connectivity index (χ0) is 17.1. The topological polar surface area (TPSA) is 66.8 Å². The zero-order valence-electron chi connectivity index (χ0n) is 13.3. The normalized spacial score (nSPS) is 20.4. The predicted octanol–water partition coefficient (Wildman–Crippen LogP) is 2.69. The van der Waals surface area contributed by atoms with Gasteiger partial charge in [0.25, 0.3) is 0 Å². The molecule has 0 saturated carbocycles. The fraction of sp³-hybridized carbons (Fsp3) is 0.333. The molecule has 0 aliphatic carbocycles. The summed E-state index contributed by atoms with van der Waals surface area (Å²) in [6.07, 6.45) is 0.112. The van der Waals surface area contributed by atoms with Crippen LogP contribution in [0, 0.1) is 12.8 Å². The highest BCUT2D eigenvalue weighted by Crippen LogP contribution is 2.43. The van der Waals surface area contributed by atoms with E-state index in [0.29, 0.717) is 0 Å². The quantitative estimate of drug-likeness (QED) is 0.846. The maximum atomic E-state index is 12.6. The Balaban J connectivity index is 1.96. The molecule has 0 spiro atoms. The molecule has 1 aromatic heterocycles. The third kappa shape index (κ3) is 3.20. The van der Waals surface area contributed by atoms with Crippen LogP contribution in [0.5, 0.6) is 0 Å². The van der Waals surface area contributed by atoms with Crippen molar-refractivity contribution in [3.05, 3.63) is 52.2 Å². The van der Waals surface area contributed by atoms with Crippen LogP contribution in [0.2, 0.25) is 0 Å². The summed E-state index contributed by atoms with van der Waals surface area (Å²) in [4.78, 5) is 27.6. The molecule has 5 nitrogen and oxygen atoms in total. The third-order valence-corrected chi connectivity index (χ3v) is 5.05. The van der Waals surface area contributed by atoms with Gasteiger partial charge in [0, 0.05) is 17.0 Å². The smallest absolute Gasteiger partial charge is 0.312 e. The van der Waals surface area contributed by atoms with E-state index >= 15 is 0 Å². The molecule has 0 bridgehead atoms. The summed E-state index contributed by atoms with van der Waals surface area (Å²) in [6, 6.07) is 11.2. The van der Waals surface area contributed by atoms with Crippen LogP contribution in [0.4, 0.5) is 5.69 Å². The summed E-state index contributed by atoms with van der Waals surface area (Å²) in [5.74, 6) is -1.10. The second-order valence-electron chi connectivity index (χ2n) is 5.76. The van der Waals surface area contributed by atoms with E-state index in [4.69, 9.17) is 9.84 Å². The number of carbonyl (C=O) groups excluding carboxylic acids is 2. The maximum absolute atomic E-state index is 12.6. The number of esters is 1. The molecule has 2 aromatic rings. The van der Waals surface area contributed by atoms with E-state index < -0.39 is 11.9 Å². The van der Waals surface area contributed by atoms with Gasteiger partial charge in [-0.05, 0) is 30.5 Å². The Morgan fingerprint density at radius 3 is 2.71 bits per heavy atom. The van der Waals surface area contributed by atoms with E-state index in [0.717, 1.165) is 16.1 Å². The molecular weight excluding hydrogens is 326 g/mol. The van der Waals surface area contributed by atoms with Crippen LogP contribution in [0.15, 0.2) is 41.8 Å². The molecule has 6 heteroatoms. The monoisotopic (exact) mass is 345 g/mol. The van der Waals surface area contributed by atoms with Gasteiger partial charge in [-0.15, -0.1) is 11.3 Å². The Morgan fingerprint density at radius 2 is 2.08 bits per heavy atom. The molecule has 1 saturated heterocycles. The average molecular weight is 345 g/mol. The van der Waals surface area contributed by atoms with Gasteiger partial charge in [0.1, 0.15) is 6.61 Å². The molecular formula is C18H19NO4S. The van der Waals surface area contributed by atoms with Crippen LogP contribution in [0.3, 0.4) is 0 Å². The Kier molecular flexibility index (Phi) is 4.97. The van der Waals surface area contributed by atoms with Crippen molar-refractivity contribution in [3.63, 3.8) is 0 Å². The van der Waals surface area contributed by atoms with Gasteiger partial charge in [0.05, 0.1) is 18.6 Å². The third-order valence-electron chi connectivity index (χ3n) is 4.11. The van der Waals surface area contributed by atoms with Crippen LogP contribution >= 0.6 is 11.3 Å². The minimum absolute atomic E-state index is 0.0504. The standard InChI is InChI=1S/C18H19NO4S/c1-12-4-6-13(7-5-12)19-16(21)11-14(18(22)23-9-8-20)17(19)15-3-2-10-24-15/h2-7,10,14,17,20H,8-9,11H2,1H3/t14-,17+/m0/s1. The highest BCUT2D eigenvalue weighted by molar-refractivity contribution is 7.10. The molecule has 1 aromatic carbocycles. The SMILES string of the molecule is Cc1ccc(N2C(=O)C[C@H](C(=O)OCCO)[C@@H]2c2cccs2)cc1. The summed E-state index contributed by atoms with van der Waals surface area (Å²) in [5.41, 5.74) is 1.89. The van der Waals surface area contributed by atoms with Gasteiger partial charge in [-0.25, -0.2) is 0 Å². The van der Waals surface area contributed by atoms with Crippen LogP contribution in [-0.4, -0.2) is 30.2 Å². The first kappa shape index (κ1) is 16.7. The number of amides is 1. The van der Waals surface area contributed by atoms with Gasteiger partial charge in [-0.1, -0.05) is 23.8 Å². The summed E-state index contributed by atoms with van der Waals surface area (Å²) in [5, 5.41) is 10.8. The van der Waals surface area contributed by atoms with Gasteiger partial charge >= 0.3 is 5.97 Å². The Morgan fingerprint density at radius 1 is 1.33 bits per heavy atom. The number of hydrogen-bond acceptors (Lipinski definition) is 5. The molecule has 0 radical (unpaired) electrons. The number of aryl methyl sites for hydroxylation is 1. The van der Waals surface area contributed by atoms with Crippen molar-refractivity contribution in [2.75, 3.05) is 18.1 Å². The number of benzene rings is 1. The first-order chi connectivity index (χ1) is 11.6. The lowest BCUT2D eigenvalue weighted by Crippen LogP contribution is -2.30. The molecule has 0 unspecified atom stereocenters. The predicted molar refractivity (Wildman–Crippen MR) is 91.9 cm³/mol. The summed E-state index contributed by atoms with van der Waals surface area (Å²) in [7, 11) is 0. The van der Waals surface area contributed by atoms with Crippen molar-refractivity contribution >= 4 is 28.9 Å². The Hall–Kier alpha value is -2.18. The van der Waals surface area contributed by atoms with Crippen molar-refractivity contribution in [3.8, 4) is 0 Å². The molecule has 1 amide bonds. The Labute approximate surface area is 144 Å². The second-order valence-corrected chi connectivity index (χ2v) is 6.74. The van der Waals surface area contributed by atoms with E-state index in [1.807, 2.05) is 48.7 Å². The van der Waals surface area contributed by atoms with E-state index in [-0.39, 0.29) is 31.6 Å². The first-order valence-electron chi connectivity index (χ1n) is 7.81. The second kappa shape index (κ2) is 7.15. The molecule has 1 aliphatic heterocycles. The number of nitrogens with zero attached hydrogens (tertiary/aromatic N) is 1. The summed E-state index contributed by atoms with van der Waals surface area (Å²) >= 11 is 1.52. The molecule has 24 heavy (non-hydrogen) atoms. The fourth-order valence-electron chi connectivity index (χ4n) is 2.99. The Bertz CT molecular complexity index is 711. The lowest BCUT2D eigenvalue weighted by atomic mass is 9.99. The molecule has 1 N–H and O–H groups in total. The number of ether oxygens (including phenoxy) is 1. The molecule has 2 atom stereocenters. The van der Waals surface area contributed by atoms with Crippen LogP contribution in [0.1, 0.15) is 22.9 Å². The summed E-state index contributed by atoms with van der Waals surface area (Å²) < 4.78 is 5.09. The fourth-order valence-corrected chi connectivity index (χ4v) is 3.87. The van der Waals surface area contributed by atoms with Crippen molar-refractivity contribution in [1.82, 2.24) is 0 Å². The van der Waals surface area contributed by atoms with Crippen molar-refractivity contribution < 1.29 is 19.4 Å². The number of rotatable bonds is 5. The van der Waals surface area contributed by atoms with Gasteiger partial charge in [0.15, 0.2) is 0 Å². The minimum atomic E-state index is -0.566. The minimum Gasteiger partial charge on any atom is -0.463 e. The van der Waals surface area contributed by atoms with E-state index in [1.165, 1.54) is 11.3 Å². The number of thiophene rings is 1. The molecule has 126 valence electrons. The summed E-state index contributed by atoms with van der Waals surface area (Å²) in [6.45, 7) is 1.71. The molecule has 3 rings (SSSR count). The maximum Gasteiger partial charge on any atom is 0.312 e. The van der Waals surface area contributed by atoms with Crippen LogP contribution < -0.4 is 4.90 Å². The average Bonchev–Trinajstić information content (AvgIpc) is 3.21. The molecule has 2 heterocycles. The number of aliphatic hydroxyl groups is 1. The van der Waals surface area contributed by atoms with E-state index in [9.17, 15) is 9.59 Å². The number of hydrogen-bond donors (Lipinski definition) is 1. The largest absolute Gasteiger partial charge is 0.463 e. The lowest BCUT2D eigenvalue weighted by molar-refractivity contribution is -0.150. The number of aliphatic hydroxyl groups excluding tert-OH is 1. The zero-order valence-corrected chi connectivity index (χ0v) is 14.2. The first-order valence-corrected chi connectivity index (χ1v) is 8.69. The van der Waals surface area contributed by atoms with E-state index in [1.54, 1.807) is 4.90 Å². The van der Waals surface area contributed by atoms with Crippen molar-refractivity contribution in [1.29, 1.82) is 0 Å². The lowest BCUT2D eigenvalue weighted by Gasteiger charge is -2.27. The highest BCUT2D eigenvalue weighted by atomic mass is 32.1. The van der Waals surface area contributed by atoms with Gasteiger partial charge in [0.2, 0.25) is 5.91 Å². The van der Waals surface area contributed by atoms with Crippen molar-refractivity contribution in [2.24, 2.45) is 5.92 Å². The molecule has 1 fully saturated rings. The number of carbonyl (C=O) groups is 2. The highest BCUT2D eigenvalue weighted by Gasteiger charge is 2.46. The number of anilines is 1. The van der Waals surface area contributed by atoms with Gasteiger partial charge < -0.3 is 14.7 Å². The van der Waals surface area contributed by atoms with Gasteiger partial charge in [-0.2, -0.15) is 0 Å². The van der Waals surface area contributed by atoms with Crippen LogP contribution in [-0.2, 0) is 14.3 Å². The van der Waals surface area contributed by atoms with Gasteiger partial charge in [-0.3, -0.25) is 9.59 Å². The van der Waals surface area contributed by atoms with Crippen LogP contribution in [0.25, 0.3) is 0 Å². The van der Waals surface area contributed by atoms with Crippen molar-refractivity contribution in [2.45, 2.75) is 19.4 Å².